The number of hydrogen-bond donors (Lipinski definition) is 3. The number of benzene rings is 1. The Morgan fingerprint density at radius 1 is 1.44 bits per heavy atom. The number of hydrogen-bond acceptors (Lipinski definition) is 4. The molecule has 1 amide bonds. The highest BCUT2D eigenvalue weighted by molar-refractivity contribution is 5.93. The van der Waals surface area contributed by atoms with E-state index in [1.165, 1.54) is 18.2 Å². The van der Waals surface area contributed by atoms with Gasteiger partial charge in [-0.2, -0.15) is 0 Å². The van der Waals surface area contributed by atoms with E-state index in [0.29, 0.717) is 12.3 Å². The van der Waals surface area contributed by atoms with Gasteiger partial charge in [-0.05, 0) is 19.1 Å². The fourth-order valence-electron chi connectivity index (χ4n) is 1.37. The quantitative estimate of drug-likeness (QED) is 0.652. The lowest BCUT2D eigenvalue weighted by Crippen LogP contribution is -2.24. The van der Waals surface area contributed by atoms with Gasteiger partial charge in [0.15, 0.2) is 0 Å². The number of nitrogen functional groups attached to an aromatic ring is 1. The molecule has 6 nitrogen and oxygen atoms in total. The molecule has 0 fully saturated rings. The molecule has 6 heteroatoms. The number of ether oxygens (including phenoxy) is 1. The van der Waals surface area contributed by atoms with Gasteiger partial charge in [0, 0.05) is 18.3 Å². The van der Waals surface area contributed by atoms with Crippen molar-refractivity contribution in [3.63, 3.8) is 0 Å². The molecule has 18 heavy (non-hydrogen) atoms. The van der Waals surface area contributed by atoms with Crippen molar-refractivity contribution in [1.82, 2.24) is 5.32 Å². The standard InChI is InChI=1S/C12H16N2O4/c1-2-14-11(15)5-6-18-8-3-4-9(12(16)17)10(13)7-8/h3-4,7H,2,5-6,13H2,1H3,(H,14,15)(H,16,17). The Labute approximate surface area is 105 Å². The lowest BCUT2D eigenvalue weighted by molar-refractivity contribution is -0.121. The van der Waals surface area contributed by atoms with Crippen LogP contribution in [0.4, 0.5) is 5.69 Å². The molecule has 0 radical (unpaired) electrons. The number of rotatable bonds is 6. The van der Waals surface area contributed by atoms with E-state index in [1.54, 1.807) is 0 Å². The van der Waals surface area contributed by atoms with Crippen LogP contribution < -0.4 is 15.8 Å². The topological polar surface area (TPSA) is 102 Å². The van der Waals surface area contributed by atoms with Crippen molar-refractivity contribution >= 4 is 17.6 Å². The fraction of sp³-hybridized carbons (Fsp3) is 0.333. The van der Waals surface area contributed by atoms with E-state index in [9.17, 15) is 9.59 Å². The molecule has 0 heterocycles. The second-order valence-corrected chi connectivity index (χ2v) is 3.61. The number of carbonyl (C=O) groups excluding carboxylic acids is 1. The number of carboxylic acid groups (broad SMARTS) is 1. The molecule has 0 aromatic heterocycles. The van der Waals surface area contributed by atoms with E-state index in [2.05, 4.69) is 5.32 Å². The molecule has 0 bridgehead atoms. The third-order valence-electron chi connectivity index (χ3n) is 2.23. The van der Waals surface area contributed by atoms with Crippen molar-refractivity contribution in [3.8, 4) is 5.75 Å². The zero-order valence-corrected chi connectivity index (χ0v) is 10.1. The van der Waals surface area contributed by atoms with Crippen LogP contribution in [0.25, 0.3) is 0 Å². The molecule has 0 unspecified atom stereocenters. The molecule has 4 N–H and O–H groups in total. The minimum atomic E-state index is -1.08. The number of nitrogens with two attached hydrogens (primary N) is 1. The third-order valence-corrected chi connectivity index (χ3v) is 2.23. The highest BCUT2D eigenvalue weighted by atomic mass is 16.5. The highest BCUT2D eigenvalue weighted by Gasteiger charge is 2.08. The van der Waals surface area contributed by atoms with Gasteiger partial charge in [0.1, 0.15) is 5.75 Å². The van der Waals surface area contributed by atoms with Crippen molar-refractivity contribution < 1.29 is 19.4 Å². The van der Waals surface area contributed by atoms with Crippen LogP contribution in [0.3, 0.4) is 0 Å². The second kappa shape index (κ2) is 6.48. The van der Waals surface area contributed by atoms with Gasteiger partial charge in [0.2, 0.25) is 5.91 Å². The van der Waals surface area contributed by atoms with Gasteiger partial charge in [-0.3, -0.25) is 4.79 Å². The Bertz CT molecular complexity index is 446. The molecule has 0 saturated carbocycles. The van der Waals surface area contributed by atoms with Crippen molar-refractivity contribution in [3.05, 3.63) is 23.8 Å². The van der Waals surface area contributed by atoms with Crippen LogP contribution >= 0.6 is 0 Å². The number of nitrogens with one attached hydrogen (secondary N) is 1. The number of anilines is 1. The first-order valence-corrected chi connectivity index (χ1v) is 5.57. The van der Waals surface area contributed by atoms with Gasteiger partial charge in [0.05, 0.1) is 18.6 Å². The Morgan fingerprint density at radius 2 is 2.17 bits per heavy atom. The average molecular weight is 252 g/mol. The summed E-state index contributed by atoms with van der Waals surface area (Å²) in [6, 6.07) is 4.32. The summed E-state index contributed by atoms with van der Waals surface area (Å²) < 4.78 is 5.30. The van der Waals surface area contributed by atoms with E-state index < -0.39 is 5.97 Å². The number of carboxylic acids is 1. The van der Waals surface area contributed by atoms with Gasteiger partial charge in [-0.25, -0.2) is 4.79 Å². The van der Waals surface area contributed by atoms with E-state index in [4.69, 9.17) is 15.6 Å². The first kappa shape index (κ1) is 13.8. The Morgan fingerprint density at radius 3 is 2.72 bits per heavy atom. The summed E-state index contributed by atoms with van der Waals surface area (Å²) in [7, 11) is 0. The zero-order chi connectivity index (χ0) is 13.5. The third kappa shape index (κ3) is 3.97. The van der Waals surface area contributed by atoms with Gasteiger partial charge >= 0.3 is 5.97 Å². The van der Waals surface area contributed by atoms with E-state index >= 15 is 0 Å². The monoisotopic (exact) mass is 252 g/mol. The van der Waals surface area contributed by atoms with E-state index in [-0.39, 0.29) is 30.2 Å². The van der Waals surface area contributed by atoms with Gasteiger partial charge < -0.3 is 20.9 Å². The normalized spacial score (nSPS) is 9.83. The fourth-order valence-corrected chi connectivity index (χ4v) is 1.37. The van der Waals surface area contributed by atoms with Crippen molar-refractivity contribution in [1.29, 1.82) is 0 Å². The summed E-state index contributed by atoms with van der Waals surface area (Å²) in [6.07, 6.45) is 0.244. The SMILES string of the molecule is CCNC(=O)CCOc1ccc(C(=O)O)c(N)c1. The zero-order valence-electron chi connectivity index (χ0n) is 10.1. The largest absolute Gasteiger partial charge is 0.493 e. The van der Waals surface area contributed by atoms with Crippen LogP contribution in [0.1, 0.15) is 23.7 Å². The number of carbonyl (C=O) groups is 2. The lowest BCUT2D eigenvalue weighted by atomic mass is 10.2. The Hall–Kier alpha value is -2.24. The molecular formula is C12H16N2O4. The van der Waals surface area contributed by atoms with E-state index in [0.717, 1.165) is 0 Å². The van der Waals surface area contributed by atoms with Crippen molar-refractivity contribution in [2.24, 2.45) is 0 Å². The maximum Gasteiger partial charge on any atom is 0.337 e. The average Bonchev–Trinajstić information content (AvgIpc) is 2.29. The van der Waals surface area contributed by atoms with Crippen LogP contribution in [0.2, 0.25) is 0 Å². The van der Waals surface area contributed by atoms with Crippen molar-refractivity contribution in [2.45, 2.75) is 13.3 Å². The molecule has 98 valence electrons. The summed E-state index contributed by atoms with van der Waals surface area (Å²) in [5, 5.41) is 11.4. The molecule has 0 aliphatic carbocycles. The first-order valence-electron chi connectivity index (χ1n) is 5.57. The summed E-state index contributed by atoms with van der Waals surface area (Å²) in [4.78, 5) is 21.9. The maximum absolute atomic E-state index is 11.2. The molecule has 1 aromatic carbocycles. The molecule has 0 spiro atoms. The van der Waals surface area contributed by atoms with Gasteiger partial charge in [0.25, 0.3) is 0 Å². The summed E-state index contributed by atoms with van der Waals surface area (Å²) in [6.45, 7) is 2.64. The minimum absolute atomic E-state index is 0.0334. The van der Waals surface area contributed by atoms with E-state index in [1.807, 2.05) is 6.92 Å². The molecule has 0 saturated heterocycles. The van der Waals surface area contributed by atoms with Crippen molar-refractivity contribution in [2.75, 3.05) is 18.9 Å². The number of aromatic carboxylic acids is 1. The lowest BCUT2D eigenvalue weighted by Gasteiger charge is -2.08. The molecule has 0 atom stereocenters. The minimum Gasteiger partial charge on any atom is -0.493 e. The summed E-state index contributed by atoms with van der Waals surface area (Å²) in [5.41, 5.74) is 5.73. The van der Waals surface area contributed by atoms with Crippen LogP contribution in [0.15, 0.2) is 18.2 Å². The van der Waals surface area contributed by atoms with Crippen LogP contribution in [0.5, 0.6) is 5.75 Å². The second-order valence-electron chi connectivity index (χ2n) is 3.61. The van der Waals surface area contributed by atoms with Crippen LogP contribution in [-0.2, 0) is 4.79 Å². The molecule has 1 rings (SSSR count). The molecule has 0 aliphatic rings. The summed E-state index contributed by atoms with van der Waals surface area (Å²) >= 11 is 0. The Balaban J connectivity index is 2.51. The smallest absolute Gasteiger partial charge is 0.337 e. The Kier molecular flexibility index (Phi) is 4.98. The first-order chi connectivity index (χ1) is 8.54. The summed E-state index contributed by atoms with van der Waals surface area (Å²) in [5.74, 6) is -0.726. The maximum atomic E-state index is 11.2. The molecule has 1 aromatic rings. The van der Waals surface area contributed by atoms with Gasteiger partial charge in [-0.15, -0.1) is 0 Å². The molecular weight excluding hydrogens is 236 g/mol. The predicted octanol–water partition coefficient (Wildman–Crippen LogP) is 0.872. The number of amides is 1. The molecule has 0 aliphatic heterocycles. The van der Waals surface area contributed by atoms with Gasteiger partial charge in [-0.1, -0.05) is 0 Å². The highest BCUT2D eigenvalue weighted by Crippen LogP contribution is 2.19. The predicted molar refractivity (Wildman–Crippen MR) is 66.6 cm³/mol. The van der Waals surface area contributed by atoms with Crippen LogP contribution in [-0.4, -0.2) is 30.1 Å². The van der Waals surface area contributed by atoms with Crippen LogP contribution in [0, 0.1) is 0 Å².